The lowest BCUT2D eigenvalue weighted by molar-refractivity contribution is -0.145. The second kappa shape index (κ2) is 6.92. The van der Waals surface area contributed by atoms with Gasteiger partial charge in [-0.2, -0.15) is 0 Å². The molecule has 0 saturated heterocycles. The molecule has 0 aromatic heterocycles. The number of esters is 3. The van der Waals surface area contributed by atoms with Gasteiger partial charge in [0.2, 0.25) is 0 Å². The molecule has 0 aromatic rings. The van der Waals surface area contributed by atoms with Crippen LogP contribution in [0.25, 0.3) is 0 Å². The van der Waals surface area contributed by atoms with Crippen molar-refractivity contribution in [2.45, 2.75) is 45.0 Å². The zero-order chi connectivity index (χ0) is 19.0. The monoisotopic (exact) mass is 360 g/mol. The number of fused-ring (bicyclic) bond motifs is 2. The van der Waals surface area contributed by atoms with Crippen molar-refractivity contribution >= 4 is 17.9 Å². The van der Waals surface area contributed by atoms with E-state index in [4.69, 9.17) is 14.2 Å². The van der Waals surface area contributed by atoms with Crippen LogP contribution in [0, 0.1) is 0 Å². The first kappa shape index (κ1) is 18.1. The first-order valence-electron chi connectivity index (χ1n) is 8.30. The topological polar surface area (TPSA) is 99.1 Å². The highest BCUT2D eigenvalue weighted by atomic mass is 16.6. The summed E-state index contributed by atoms with van der Waals surface area (Å²) >= 11 is 0. The summed E-state index contributed by atoms with van der Waals surface area (Å²) in [7, 11) is 0. The van der Waals surface area contributed by atoms with Gasteiger partial charge in [0.05, 0.1) is 12.2 Å². The average molecular weight is 360 g/mol. The molecular weight excluding hydrogens is 340 g/mol. The molecule has 1 aliphatic carbocycles. The zero-order valence-corrected chi connectivity index (χ0v) is 14.6. The first-order chi connectivity index (χ1) is 12.3. The summed E-state index contributed by atoms with van der Waals surface area (Å²) in [6.45, 7) is 6.34. The summed E-state index contributed by atoms with van der Waals surface area (Å²) in [4.78, 5) is 36.4. The SMILES string of the molecule is C=C(C)C(=O)O[C@H]1CC2=C[C@@H](CC(C)=C[C@H]3OC(=O)C(CO)=C13)OC2=O. The third kappa shape index (κ3) is 3.35. The Bertz CT molecular complexity index is 784. The van der Waals surface area contributed by atoms with Crippen LogP contribution in [0.2, 0.25) is 0 Å². The first-order valence-corrected chi connectivity index (χ1v) is 8.30. The van der Waals surface area contributed by atoms with E-state index in [9.17, 15) is 19.5 Å². The Balaban J connectivity index is 2.08. The average Bonchev–Trinajstić information content (AvgIpc) is 3.04. The minimum atomic E-state index is -0.947. The molecule has 0 unspecified atom stereocenters. The van der Waals surface area contributed by atoms with Crippen molar-refractivity contribution in [2.75, 3.05) is 6.61 Å². The van der Waals surface area contributed by atoms with Crippen LogP contribution in [0.15, 0.2) is 46.6 Å². The van der Waals surface area contributed by atoms with E-state index >= 15 is 0 Å². The van der Waals surface area contributed by atoms with Crippen molar-refractivity contribution in [1.82, 2.24) is 0 Å². The second-order valence-electron chi connectivity index (χ2n) is 6.65. The van der Waals surface area contributed by atoms with Gasteiger partial charge in [0.1, 0.15) is 18.3 Å². The third-order valence-corrected chi connectivity index (χ3v) is 4.51. The number of carbonyl (C=O) groups is 3. The lowest BCUT2D eigenvalue weighted by Gasteiger charge is -2.23. The summed E-state index contributed by atoms with van der Waals surface area (Å²) < 4.78 is 16.2. The van der Waals surface area contributed by atoms with Crippen LogP contribution in [0.5, 0.6) is 0 Å². The van der Waals surface area contributed by atoms with Crippen molar-refractivity contribution in [3.8, 4) is 0 Å². The molecule has 7 nitrogen and oxygen atoms in total. The molecule has 0 aromatic carbocycles. The number of aliphatic hydroxyl groups excluding tert-OH is 1. The van der Waals surface area contributed by atoms with Crippen molar-refractivity contribution in [3.05, 3.63) is 46.6 Å². The highest BCUT2D eigenvalue weighted by molar-refractivity contribution is 5.95. The summed E-state index contributed by atoms with van der Waals surface area (Å²) in [6.07, 6.45) is 1.83. The minimum Gasteiger partial charge on any atom is -0.454 e. The van der Waals surface area contributed by atoms with Gasteiger partial charge < -0.3 is 19.3 Å². The summed E-state index contributed by atoms with van der Waals surface area (Å²) in [5.41, 5.74) is 1.80. The molecule has 1 N–H and O–H groups in total. The van der Waals surface area contributed by atoms with Crippen LogP contribution in [-0.4, -0.2) is 47.9 Å². The number of hydrogen-bond donors (Lipinski definition) is 1. The molecule has 138 valence electrons. The molecule has 3 aliphatic rings. The summed E-state index contributed by atoms with van der Waals surface area (Å²) in [5, 5.41) is 9.63. The fraction of sp³-hybridized carbons (Fsp3) is 0.421. The smallest absolute Gasteiger partial charge is 0.337 e. The van der Waals surface area contributed by atoms with Crippen molar-refractivity contribution in [2.24, 2.45) is 0 Å². The van der Waals surface area contributed by atoms with Crippen LogP contribution >= 0.6 is 0 Å². The number of aliphatic hydroxyl groups is 1. The van der Waals surface area contributed by atoms with E-state index in [0.29, 0.717) is 17.6 Å². The normalized spacial score (nSPS) is 27.9. The Morgan fingerprint density at radius 3 is 2.65 bits per heavy atom. The summed E-state index contributed by atoms with van der Waals surface area (Å²) in [5.74, 6) is -1.79. The molecule has 0 radical (unpaired) electrons. The van der Waals surface area contributed by atoms with Gasteiger partial charge >= 0.3 is 17.9 Å². The number of ether oxygens (including phenoxy) is 3. The molecule has 2 aliphatic heterocycles. The lowest BCUT2D eigenvalue weighted by Crippen LogP contribution is -2.28. The van der Waals surface area contributed by atoms with Gasteiger partial charge in [-0.15, -0.1) is 0 Å². The van der Waals surface area contributed by atoms with Crippen LogP contribution in [0.1, 0.15) is 26.7 Å². The highest BCUT2D eigenvalue weighted by Gasteiger charge is 2.41. The van der Waals surface area contributed by atoms with E-state index in [1.165, 1.54) is 6.92 Å². The molecule has 7 heteroatoms. The Hall–Kier alpha value is -2.67. The van der Waals surface area contributed by atoms with Crippen molar-refractivity contribution in [3.63, 3.8) is 0 Å². The van der Waals surface area contributed by atoms with Crippen LogP contribution in [-0.2, 0) is 28.6 Å². The maximum Gasteiger partial charge on any atom is 0.337 e. The molecule has 26 heavy (non-hydrogen) atoms. The van der Waals surface area contributed by atoms with Gasteiger partial charge in [-0.3, -0.25) is 0 Å². The molecule has 2 bridgehead atoms. The molecular formula is C19H20O7. The highest BCUT2D eigenvalue weighted by Crippen LogP contribution is 2.35. The predicted molar refractivity (Wildman–Crippen MR) is 89.6 cm³/mol. The minimum absolute atomic E-state index is 0.0349. The standard InChI is InChI=1S/C19H20O7/c1-9(2)17(21)25-15-7-11-6-12(24-18(11)22)4-10(3)5-14-16(15)13(8-20)19(23)26-14/h5-6,12,14-15,20H,1,4,7-8H2,2-3H3/t12-,14-,15+/m1/s1. The fourth-order valence-electron chi connectivity index (χ4n) is 3.28. The van der Waals surface area contributed by atoms with E-state index in [-0.39, 0.29) is 17.6 Å². The van der Waals surface area contributed by atoms with Gasteiger partial charge in [-0.25, -0.2) is 14.4 Å². The van der Waals surface area contributed by atoms with E-state index < -0.39 is 42.8 Å². The van der Waals surface area contributed by atoms with Crippen LogP contribution < -0.4 is 0 Å². The van der Waals surface area contributed by atoms with E-state index in [1.807, 2.05) is 6.92 Å². The van der Waals surface area contributed by atoms with Gasteiger partial charge in [0, 0.05) is 29.6 Å². The van der Waals surface area contributed by atoms with Crippen molar-refractivity contribution in [1.29, 1.82) is 0 Å². The Morgan fingerprint density at radius 1 is 1.27 bits per heavy atom. The number of hydrogen-bond acceptors (Lipinski definition) is 7. The molecule has 0 saturated carbocycles. The Labute approximate surface area is 150 Å². The molecule has 0 fully saturated rings. The maximum absolute atomic E-state index is 12.1. The largest absolute Gasteiger partial charge is 0.454 e. The number of carbonyl (C=O) groups excluding carboxylic acids is 3. The molecule has 0 amide bonds. The Kier molecular flexibility index (Phi) is 4.82. The lowest BCUT2D eigenvalue weighted by atomic mass is 9.91. The molecule has 3 atom stereocenters. The Morgan fingerprint density at radius 2 is 2.00 bits per heavy atom. The summed E-state index contributed by atoms with van der Waals surface area (Å²) in [6, 6.07) is 0. The van der Waals surface area contributed by atoms with Crippen molar-refractivity contribution < 1.29 is 33.7 Å². The van der Waals surface area contributed by atoms with Gasteiger partial charge in [0.25, 0.3) is 0 Å². The van der Waals surface area contributed by atoms with E-state index in [2.05, 4.69) is 6.58 Å². The molecule has 2 heterocycles. The van der Waals surface area contributed by atoms with Gasteiger partial charge in [-0.1, -0.05) is 12.2 Å². The zero-order valence-electron chi connectivity index (χ0n) is 14.6. The van der Waals surface area contributed by atoms with Crippen LogP contribution in [0.3, 0.4) is 0 Å². The maximum atomic E-state index is 12.1. The van der Waals surface area contributed by atoms with E-state index in [0.717, 1.165) is 5.57 Å². The third-order valence-electron chi connectivity index (χ3n) is 4.51. The van der Waals surface area contributed by atoms with E-state index in [1.54, 1.807) is 12.2 Å². The van der Waals surface area contributed by atoms with Gasteiger partial charge in [0.15, 0.2) is 0 Å². The van der Waals surface area contributed by atoms with Gasteiger partial charge in [-0.05, 0) is 26.0 Å². The fourth-order valence-corrected chi connectivity index (χ4v) is 3.28. The quantitative estimate of drug-likeness (QED) is 0.350. The molecule has 3 rings (SSSR count). The predicted octanol–water partition coefficient (Wildman–Crippen LogP) is 1.28. The van der Waals surface area contributed by atoms with Crippen LogP contribution in [0.4, 0.5) is 0 Å². The second-order valence-corrected chi connectivity index (χ2v) is 6.65. The molecule has 0 spiro atoms. The number of rotatable bonds is 3.